The predicted molar refractivity (Wildman–Crippen MR) is 99.6 cm³/mol. The van der Waals surface area contributed by atoms with E-state index >= 15 is 0 Å². The molecule has 1 heterocycles. The number of halogens is 4. The topological polar surface area (TPSA) is 78.3 Å². The third-order valence-corrected chi connectivity index (χ3v) is 4.15. The van der Waals surface area contributed by atoms with E-state index in [1.54, 1.807) is 20.8 Å². The lowest BCUT2D eigenvalue weighted by Crippen LogP contribution is -2.32. The van der Waals surface area contributed by atoms with Crippen molar-refractivity contribution in [2.45, 2.75) is 33.9 Å². The number of carbonyl (C=O) groups is 2. The molecule has 0 fully saturated rings. The summed E-state index contributed by atoms with van der Waals surface area (Å²) in [5.41, 5.74) is -4.21. The van der Waals surface area contributed by atoms with Gasteiger partial charge in [-0.2, -0.15) is 23.0 Å². The third-order valence-electron chi connectivity index (χ3n) is 3.82. The molecular formula is C19H18ClF3N2O4. The van der Waals surface area contributed by atoms with Crippen LogP contribution >= 0.6 is 11.6 Å². The molecule has 156 valence electrons. The SMILES string of the molecule is CCOC(=O)c1cc(C(=O)C(C)(C)C)nn(-c2ccc(Cl)c(C(F)(F)F)c2)c1=O. The molecule has 0 amide bonds. The second kappa shape index (κ2) is 7.98. The van der Waals surface area contributed by atoms with Crippen LogP contribution in [-0.2, 0) is 10.9 Å². The summed E-state index contributed by atoms with van der Waals surface area (Å²) in [6.07, 6.45) is -4.78. The lowest BCUT2D eigenvalue weighted by atomic mass is 9.88. The molecular weight excluding hydrogens is 413 g/mol. The molecule has 0 unspecified atom stereocenters. The molecule has 1 aromatic carbocycles. The maximum absolute atomic E-state index is 13.2. The molecule has 2 aromatic rings. The van der Waals surface area contributed by atoms with Gasteiger partial charge in [0.05, 0.1) is 22.9 Å². The molecule has 0 saturated heterocycles. The third kappa shape index (κ3) is 4.84. The first-order valence-electron chi connectivity index (χ1n) is 8.50. The predicted octanol–water partition coefficient (Wildman–Crippen LogP) is 4.31. The molecule has 0 spiro atoms. The summed E-state index contributed by atoms with van der Waals surface area (Å²) < 4.78 is 45.0. The minimum absolute atomic E-state index is 0.0394. The number of alkyl halides is 3. The van der Waals surface area contributed by atoms with Gasteiger partial charge in [-0.1, -0.05) is 32.4 Å². The number of Topliss-reactive ketones (excluding diaryl/α,β-unsaturated/α-hetero) is 1. The van der Waals surface area contributed by atoms with Gasteiger partial charge in [0.15, 0.2) is 5.78 Å². The molecule has 10 heteroatoms. The van der Waals surface area contributed by atoms with Gasteiger partial charge in [0, 0.05) is 5.41 Å². The summed E-state index contributed by atoms with van der Waals surface area (Å²) in [5.74, 6) is -1.52. The van der Waals surface area contributed by atoms with Gasteiger partial charge in [-0.05, 0) is 31.2 Å². The van der Waals surface area contributed by atoms with Crippen molar-refractivity contribution in [2.24, 2.45) is 5.41 Å². The fraction of sp³-hybridized carbons (Fsp3) is 0.368. The van der Waals surface area contributed by atoms with Crippen LogP contribution in [0.2, 0.25) is 5.02 Å². The summed E-state index contributed by atoms with van der Waals surface area (Å²) >= 11 is 5.62. The smallest absolute Gasteiger partial charge is 0.417 e. The van der Waals surface area contributed by atoms with Crippen molar-refractivity contribution in [1.29, 1.82) is 0 Å². The lowest BCUT2D eigenvalue weighted by molar-refractivity contribution is -0.137. The van der Waals surface area contributed by atoms with Crippen LogP contribution < -0.4 is 5.56 Å². The number of ether oxygens (including phenoxy) is 1. The van der Waals surface area contributed by atoms with E-state index < -0.39 is 45.1 Å². The second-order valence-corrected chi connectivity index (χ2v) is 7.53. The van der Waals surface area contributed by atoms with Gasteiger partial charge < -0.3 is 4.74 Å². The van der Waals surface area contributed by atoms with Crippen molar-refractivity contribution in [3.63, 3.8) is 0 Å². The standard InChI is InChI=1S/C19H18ClF3N2O4/c1-5-29-17(28)11-9-14(15(26)18(2,3)4)24-25(16(11)27)10-6-7-13(20)12(8-10)19(21,22)23/h6-9H,5H2,1-4H3. The zero-order valence-corrected chi connectivity index (χ0v) is 16.8. The molecule has 29 heavy (non-hydrogen) atoms. The highest BCUT2D eigenvalue weighted by molar-refractivity contribution is 6.31. The number of rotatable bonds is 4. The Morgan fingerprint density at radius 2 is 1.79 bits per heavy atom. The number of esters is 1. The van der Waals surface area contributed by atoms with E-state index in [2.05, 4.69) is 5.10 Å². The van der Waals surface area contributed by atoms with Crippen molar-refractivity contribution in [2.75, 3.05) is 6.61 Å². The zero-order chi connectivity index (χ0) is 22.1. The fourth-order valence-electron chi connectivity index (χ4n) is 2.38. The molecule has 0 saturated carbocycles. The molecule has 0 atom stereocenters. The molecule has 0 bridgehead atoms. The van der Waals surface area contributed by atoms with E-state index in [9.17, 15) is 27.6 Å². The van der Waals surface area contributed by atoms with Gasteiger partial charge in [0.2, 0.25) is 0 Å². The first-order valence-corrected chi connectivity index (χ1v) is 8.88. The fourth-order valence-corrected chi connectivity index (χ4v) is 2.61. The van der Waals surface area contributed by atoms with Crippen LogP contribution in [0.1, 0.15) is 54.1 Å². The highest BCUT2D eigenvalue weighted by Crippen LogP contribution is 2.35. The number of hydrogen-bond donors (Lipinski definition) is 0. The average Bonchev–Trinajstić information content (AvgIpc) is 2.60. The van der Waals surface area contributed by atoms with Gasteiger partial charge in [-0.25, -0.2) is 4.79 Å². The molecule has 1 aromatic heterocycles. The summed E-state index contributed by atoms with van der Waals surface area (Å²) in [4.78, 5) is 37.6. The monoisotopic (exact) mass is 430 g/mol. The van der Waals surface area contributed by atoms with Gasteiger partial charge in [-0.3, -0.25) is 9.59 Å². The Labute approximate surface area is 169 Å². The second-order valence-electron chi connectivity index (χ2n) is 7.12. The molecule has 6 nitrogen and oxygen atoms in total. The van der Waals surface area contributed by atoms with Crippen LogP contribution in [0.15, 0.2) is 29.1 Å². The first kappa shape index (κ1) is 22.6. The molecule has 2 rings (SSSR count). The van der Waals surface area contributed by atoms with E-state index in [0.29, 0.717) is 10.7 Å². The molecule has 0 aliphatic heterocycles. The number of hydrogen-bond acceptors (Lipinski definition) is 5. The Bertz CT molecular complexity index is 1020. The summed E-state index contributed by atoms with van der Waals surface area (Å²) in [6, 6.07) is 3.70. The Morgan fingerprint density at radius 3 is 2.31 bits per heavy atom. The Kier molecular flexibility index (Phi) is 6.22. The van der Waals surface area contributed by atoms with Crippen molar-refractivity contribution < 1.29 is 27.5 Å². The van der Waals surface area contributed by atoms with Crippen molar-refractivity contribution >= 4 is 23.4 Å². The highest BCUT2D eigenvalue weighted by Gasteiger charge is 2.34. The van der Waals surface area contributed by atoms with Crippen LogP contribution in [0.25, 0.3) is 5.69 Å². The quantitative estimate of drug-likeness (QED) is 0.533. The number of aromatic nitrogens is 2. The molecule has 0 aliphatic rings. The summed E-state index contributed by atoms with van der Waals surface area (Å²) in [6.45, 7) is 6.28. The molecule has 0 N–H and O–H groups in total. The average molecular weight is 431 g/mol. The van der Waals surface area contributed by atoms with Gasteiger partial charge in [-0.15, -0.1) is 0 Å². The lowest BCUT2D eigenvalue weighted by Gasteiger charge is -2.18. The van der Waals surface area contributed by atoms with Crippen LogP contribution in [0, 0.1) is 5.41 Å². The minimum Gasteiger partial charge on any atom is -0.462 e. The Hall–Kier alpha value is -2.68. The van der Waals surface area contributed by atoms with Gasteiger partial charge >= 0.3 is 12.1 Å². The van der Waals surface area contributed by atoms with Crippen LogP contribution in [0.5, 0.6) is 0 Å². The van der Waals surface area contributed by atoms with E-state index in [-0.39, 0.29) is 18.0 Å². The summed E-state index contributed by atoms with van der Waals surface area (Å²) in [5, 5.41) is 3.33. The first-order chi connectivity index (χ1) is 13.3. The Morgan fingerprint density at radius 1 is 1.17 bits per heavy atom. The van der Waals surface area contributed by atoms with E-state index in [1.807, 2.05) is 0 Å². The number of benzene rings is 1. The Balaban J connectivity index is 2.81. The minimum atomic E-state index is -4.78. The summed E-state index contributed by atoms with van der Waals surface area (Å²) in [7, 11) is 0. The number of nitrogens with zero attached hydrogens (tertiary/aromatic N) is 2. The maximum Gasteiger partial charge on any atom is 0.417 e. The van der Waals surface area contributed by atoms with E-state index in [1.165, 1.54) is 6.92 Å². The van der Waals surface area contributed by atoms with Crippen molar-refractivity contribution in [3.05, 3.63) is 56.5 Å². The van der Waals surface area contributed by atoms with Crippen LogP contribution in [0.4, 0.5) is 13.2 Å². The highest BCUT2D eigenvalue weighted by atomic mass is 35.5. The van der Waals surface area contributed by atoms with Crippen LogP contribution in [-0.4, -0.2) is 28.1 Å². The maximum atomic E-state index is 13.2. The number of carbonyl (C=O) groups excluding carboxylic acids is 2. The molecule has 0 radical (unpaired) electrons. The van der Waals surface area contributed by atoms with E-state index in [4.69, 9.17) is 16.3 Å². The largest absolute Gasteiger partial charge is 0.462 e. The van der Waals surface area contributed by atoms with Crippen molar-refractivity contribution in [3.8, 4) is 5.69 Å². The normalized spacial score (nSPS) is 12.0. The van der Waals surface area contributed by atoms with Gasteiger partial charge in [0.1, 0.15) is 11.3 Å². The number of ketones is 1. The zero-order valence-electron chi connectivity index (χ0n) is 16.1. The molecule has 0 aliphatic carbocycles. The van der Waals surface area contributed by atoms with E-state index in [0.717, 1.165) is 18.2 Å². The van der Waals surface area contributed by atoms with Gasteiger partial charge in [0.25, 0.3) is 5.56 Å². The van der Waals surface area contributed by atoms with Crippen molar-refractivity contribution in [1.82, 2.24) is 9.78 Å². The van der Waals surface area contributed by atoms with Crippen LogP contribution in [0.3, 0.4) is 0 Å².